The Labute approximate surface area is 223 Å². The van der Waals surface area contributed by atoms with Crippen LogP contribution in [0.25, 0.3) is 22.4 Å². The molecule has 0 unspecified atom stereocenters. The van der Waals surface area contributed by atoms with E-state index in [9.17, 15) is 0 Å². The number of hydrogen-bond acceptors (Lipinski definition) is 3. The molecule has 1 aromatic heterocycles. The molecule has 0 spiro atoms. The van der Waals surface area contributed by atoms with Gasteiger partial charge in [0.1, 0.15) is 23.0 Å². The summed E-state index contributed by atoms with van der Waals surface area (Å²) in [5.41, 5.74) is 8.73. The Morgan fingerprint density at radius 2 is 0.947 bits per heavy atom. The third kappa shape index (κ3) is 3.39. The molecule has 0 radical (unpaired) electrons. The van der Waals surface area contributed by atoms with Crippen molar-refractivity contribution in [2.24, 2.45) is 0 Å². The molecule has 7 rings (SSSR count). The minimum Gasteiger partial charge on any atom is -0.457 e. The van der Waals surface area contributed by atoms with Crippen molar-refractivity contribution in [3.8, 4) is 45.4 Å². The van der Waals surface area contributed by atoms with Gasteiger partial charge in [0.25, 0.3) is 0 Å². The number of ether oxygens (including phenoxy) is 2. The summed E-state index contributed by atoms with van der Waals surface area (Å²) in [6.45, 7) is 9.04. The van der Waals surface area contributed by atoms with Crippen molar-refractivity contribution in [2.45, 2.75) is 38.5 Å². The number of hydrogen-bond donors (Lipinski definition) is 0. The van der Waals surface area contributed by atoms with Crippen LogP contribution in [0.5, 0.6) is 23.0 Å². The van der Waals surface area contributed by atoms with Gasteiger partial charge < -0.3 is 9.47 Å². The van der Waals surface area contributed by atoms with E-state index in [-0.39, 0.29) is 10.8 Å². The summed E-state index contributed by atoms with van der Waals surface area (Å²) in [7, 11) is 0. The Morgan fingerprint density at radius 3 is 1.50 bits per heavy atom. The highest BCUT2D eigenvalue weighted by Crippen LogP contribution is 2.50. The molecule has 2 aliphatic heterocycles. The van der Waals surface area contributed by atoms with Gasteiger partial charge in [0.05, 0.1) is 5.69 Å². The van der Waals surface area contributed by atoms with Crippen molar-refractivity contribution >= 4 is 0 Å². The summed E-state index contributed by atoms with van der Waals surface area (Å²) in [4.78, 5) is 4.88. The Balaban J connectivity index is 1.22. The van der Waals surface area contributed by atoms with Crippen LogP contribution >= 0.6 is 0 Å². The highest BCUT2D eigenvalue weighted by molar-refractivity contribution is 5.72. The quantitative estimate of drug-likeness (QED) is 0.244. The summed E-state index contributed by atoms with van der Waals surface area (Å²) < 4.78 is 12.5. The fourth-order valence-corrected chi connectivity index (χ4v) is 5.96. The van der Waals surface area contributed by atoms with Crippen molar-refractivity contribution < 1.29 is 9.47 Å². The molecule has 0 aliphatic carbocycles. The molecular weight excluding hydrogens is 466 g/mol. The maximum absolute atomic E-state index is 6.24. The zero-order chi connectivity index (χ0) is 26.1. The smallest absolute Gasteiger partial charge is 0.131 e. The van der Waals surface area contributed by atoms with Crippen LogP contribution < -0.4 is 9.47 Å². The van der Waals surface area contributed by atoms with Crippen molar-refractivity contribution in [1.29, 1.82) is 0 Å². The SMILES string of the molecule is CC1(C)c2ccccc2Oc2ccc(-c3ccc(-c4ccc5c(c4)C(C)(C)c4ccccc4O5)nc3)cc21. The number of nitrogens with zero attached hydrogens (tertiary/aromatic N) is 1. The molecule has 38 heavy (non-hydrogen) atoms. The number of pyridine rings is 1. The fraction of sp³-hybridized carbons (Fsp3) is 0.171. The Bertz CT molecular complexity index is 1590. The summed E-state index contributed by atoms with van der Waals surface area (Å²) in [5.74, 6) is 3.70. The normalized spacial score (nSPS) is 15.7. The van der Waals surface area contributed by atoms with E-state index in [1.807, 2.05) is 30.5 Å². The van der Waals surface area contributed by atoms with E-state index < -0.39 is 0 Å². The molecule has 0 fully saturated rings. The van der Waals surface area contributed by atoms with Gasteiger partial charge in [-0.2, -0.15) is 0 Å². The van der Waals surface area contributed by atoms with Crippen LogP contribution in [0, 0.1) is 0 Å². The van der Waals surface area contributed by atoms with Gasteiger partial charge in [-0.05, 0) is 54.1 Å². The van der Waals surface area contributed by atoms with E-state index in [0.29, 0.717) is 0 Å². The second-order valence-electron chi connectivity index (χ2n) is 11.3. The predicted octanol–water partition coefficient (Wildman–Crippen LogP) is 9.28. The van der Waals surface area contributed by atoms with Crippen LogP contribution in [0.15, 0.2) is 103 Å². The molecule has 0 atom stereocenters. The second kappa shape index (κ2) is 8.06. The van der Waals surface area contributed by atoms with Gasteiger partial charge in [0, 0.05) is 50.4 Å². The first-order valence-electron chi connectivity index (χ1n) is 13.1. The van der Waals surface area contributed by atoms with Gasteiger partial charge in [-0.15, -0.1) is 0 Å². The van der Waals surface area contributed by atoms with Crippen molar-refractivity contribution in [3.05, 3.63) is 126 Å². The molecule has 0 N–H and O–H groups in total. The zero-order valence-electron chi connectivity index (χ0n) is 22.1. The van der Waals surface area contributed by atoms with Crippen LogP contribution in [0.2, 0.25) is 0 Å². The largest absolute Gasteiger partial charge is 0.457 e. The lowest BCUT2D eigenvalue weighted by Gasteiger charge is -2.34. The van der Waals surface area contributed by atoms with Gasteiger partial charge >= 0.3 is 0 Å². The monoisotopic (exact) mass is 495 g/mol. The average Bonchev–Trinajstić information content (AvgIpc) is 2.93. The number of fused-ring (bicyclic) bond motifs is 4. The van der Waals surface area contributed by atoms with E-state index >= 15 is 0 Å². The highest BCUT2D eigenvalue weighted by Gasteiger charge is 2.35. The molecule has 3 heterocycles. The molecule has 0 bridgehead atoms. The Kier molecular flexibility index (Phi) is 4.84. The minimum atomic E-state index is -0.156. The standard InChI is InChI=1S/C35H29NO2/c1-34(2)25-9-5-7-11-30(25)37-32-17-14-22(19-27(32)34)24-13-16-29(36-21-24)23-15-18-33-28(20-23)35(3,4)26-10-6-8-12-31(26)38-33/h5-21H,1-4H3. The predicted molar refractivity (Wildman–Crippen MR) is 152 cm³/mol. The van der Waals surface area contributed by atoms with E-state index in [2.05, 4.69) is 100 Å². The summed E-state index contributed by atoms with van der Waals surface area (Å²) in [6.07, 6.45) is 1.97. The molecule has 3 nitrogen and oxygen atoms in total. The van der Waals surface area contributed by atoms with Gasteiger partial charge in [-0.3, -0.25) is 4.98 Å². The molecule has 2 aliphatic rings. The molecule has 0 amide bonds. The fourth-order valence-electron chi connectivity index (χ4n) is 5.96. The minimum absolute atomic E-state index is 0.149. The number of aromatic nitrogens is 1. The number of rotatable bonds is 2. The molecule has 5 aromatic rings. The third-order valence-electron chi connectivity index (χ3n) is 8.26. The van der Waals surface area contributed by atoms with Crippen LogP contribution in [-0.2, 0) is 10.8 Å². The van der Waals surface area contributed by atoms with Crippen molar-refractivity contribution in [2.75, 3.05) is 0 Å². The first-order valence-corrected chi connectivity index (χ1v) is 13.1. The highest BCUT2D eigenvalue weighted by atomic mass is 16.5. The van der Waals surface area contributed by atoms with Gasteiger partial charge in [0.2, 0.25) is 0 Å². The number of para-hydroxylation sites is 2. The molecule has 0 saturated carbocycles. The van der Waals surface area contributed by atoms with E-state index in [1.165, 1.54) is 22.3 Å². The molecule has 0 saturated heterocycles. The van der Waals surface area contributed by atoms with Gasteiger partial charge in [0.15, 0.2) is 0 Å². The first kappa shape index (κ1) is 22.8. The summed E-state index contributed by atoms with van der Waals surface area (Å²) in [5, 5.41) is 0. The lowest BCUT2D eigenvalue weighted by Crippen LogP contribution is -2.24. The van der Waals surface area contributed by atoms with Crippen LogP contribution in [-0.4, -0.2) is 4.98 Å². The average molecular weight is 496 g/mol. The zero-order valence-corrected chi connectivity index (χ0v) is 22.1. The summed E-state index contributed by atoms with van der Waals surface area (Å²) in [6, 6.07) is 33.7. The van der Waals surface area contributed by atoms with Crippen LogP contribution in [0.4, 0.5) is 0 Å². The topological polar surface area (TPSA) is 31.4 Å². The lowest BCUT2D eigenvalue weighted by atomic mass is 9.75. The summed E-state index contributed by atoms with van der Waals surface area (Å²) >= 11 is 0. The maximum atomic E-state index is 6.24. The van der Waals surface area contributed by atoms with E-state index in [0.717, 1.165) is 45.4 Å². The Hall–Kier alpha value is -4.37. The molecule has 4 aromatic carbocycles. The molecular formula is C35H29NO2. The van der Waals surface area contributed by atoms with Gasteiger partial charge in [-0.25, -0.2) is 0 Å². The third-order valence-corrected chi connectivity index (χ3v) is 8.26. The van der Waals surface area contributed by atoms with Crippen molar-refractivity contribution in [1.82, 2.24) is 4.98 Å². The van der Waals surface area contributed by atoms with Crippen LogP contribution in [0.1, 0.15) is 49.9 Å². The maximum Gasteiger partial charge on any atom is 0.131 e. The number of benzene rings is 4. The van der Waals surface area contributed by atoms with E-state index in [1.54, 1.807) is 0 Å². The first-order chi connectivity index (χ1) is 18.3. The van der Waals surface area contributed by atoms with Gasteiger partial charge in [-0.1, -0.05) is 76.2 Å². The van der Waals surface area contributed by atoms with Crippen LogP contribution in [0.3, 0.4) is 0 Å². The van der Waals surface area contributed by atoms with E-state index in [4.69, 9.17) is 14.5 Å². The Morgan fingerprint density at radius 1 is 0.474 bits per heavy atom. The molecule has 3 heteroatoms. The lowest BCUT2D eigenvalue weighted by molar-refractivity contribution is 0.418. The van der Waals surface area contributed by atoms with Crippen molar-refractivity contribution in [3.63, 3.8) is 0 Å². The second-order valence-corrected chi connectivity index (χ2v) is 11.3. The molecule has 186 valence electrons.